The van der Waals surface area contributed by atoms with Crippen LogP contribution in [-0.4, -0.2) is 22.0 Å². The zero-order chi connectivity index (χ0) is 17.6. The number of aromatic nitrogens is 2. The molecule has 0 N–H and O–H groups in total. The molecule has 4 nitrogen and oxygen atoms in total. The Kier molecular flexibility index (Phi) is 3.83. The maximum absolute atomic E-state index is 12.7. The molecule has 1 aliphatic rings. The van der Waals surface area contributed by atoms with Gasteiger partial charge in [-0.05, 0) is 50.1 Å². The molecule has 2 heterocycles. The highest BCUT2D eigenvalue weighted by molar-refractivity contribution is 5.97. The van der Waals surface area contributed by atoms with Gasteiger partial charge in [0, 0.05) is 31.1 Å². The number of anilines is 1. The van der Waals surface area contributed by atoms with Crippen molar-refractivity contribution in [3.8, 4) is 0 Å². The number of benzene rings is 2. The lowest BCUT2D eigenvalue weighted by molar-refractivity contribution is -0.117. The number of para-hydroxylation sites is 2. The van der Waals surface area contributed by atoms with Crippen molar-refractivity contribution in [1.82, 2.24) is 9.55 Å². The molecule has 1 atom stereocenters. The van der Waals surface area contributed by atoms with Gasteiger partial charge in [0.25, 0.3) is 0 Å². The van der Waals surface area contributed by atoms with Gasteiger partial charge < -0.3 is 9.47 Å². The van der Waals surface area contributed by atoms with E-state index in [1.54, 1.807) is 0 Å². The van der Waals surface area contributed by atoms with Gasteiger partial charge in [-0.1, -0.05) is 24.3 Å². The molecule has 4 heteroatoms. The summed E-state index contributed by atoms with van der Waals surface area (Å²) in [4.78, 5) is 19.5. The molecule has 1 aliphatic heterocycles. The molecule has 2 aromatic carbocycles. The van der Waals surface area contributed by atoms with Gasteiger partial charge in [0.15, 0.2) is 0 Å². The van der Waals surface area contributed by atoms with E-state index in [0.29, 0.717) is 13.0 Å². The number of hydrogen-bond donors (Lipinski definition) is 0. The van der Waals surface area contributed by atoms with Gasteiger partial charge >= 0.3 is 0 Å². The second kappa shape index (κ2) is 6.03. The fraction of sp³-hybridized carbons (Fsp3) is 0.333. The van der Waals surface area contributed by atoms with Crippen LogP contribution in [0.15, 0.2) is 42.5 Å². The van der Waals surface area contributed by atoms with E-state index < -0.39 is 0 Å². The molecule has 0 spiro atoms. The second-order valence-corrected chi connectivity index (χ2v) is 6.90. The number of carbonyl (C=O) groups is 1. The first-order chi connectivity index (χ1) is 12.1. The lowest BCUT2D eigenvalue weighted by atomic mass is 10.1. The second-order valence-electron chi connectivity index (χ2n) is 6.90. The summed E-state index contributed by atoms with van der Waals surface area (Å²) < 4.78 is 2.25. The van der Waals surface area contributed by atoms with Crippen LogP contribution in [0.3, 0.4) is 0 Å². The molecular formula is C21H23N3O. The van der Waals surface area contributed by atoms with Crippen molar-refractivity contribution in [2.75, 3.05) is 11.4 Å². The number of fused-ring (bicyclic) bond motifs is 1. The fourth-order valence-corrected chi connectivity index (χ4v) is 3.86. The first kappa shape index (κ1) is 15.9. The lowest BCUT2D eigenvalue weighted by Gasteiger charge is -2.20. The minimum absolute atomic E-state index is 0.139. The Labute approximate surface area is 148 Å². The Morgan fingerprint density at radius 3 is 2.76 bits per heavy atom. The van der Waals surface area contributed by atoms with Gasteiger partial charge in [-0.2, -0.15) is 0 Å². The van der Waals surface area contributed by atoms with Crippen LogP contribution in [0, 0.1) is 13.8 Å². The average Bonchev–Trinajstić information content (AvgIpc) is 3.17. The predicted octanol–water partition coefficient (Wildman–Crippen LogP) is 4.19. The summed E-state index contributed by atoms with van der Waals surface area (Å²) in [7, 11) is 0. The topological polar surface area (TPSA) is 38.1 Å². The number of carbonyl (C=O) groups excluding carboxylic acids is 1. The monoisotopic (exact) mass is 333 g/mol. The molecular weight excluding hydrogens is 310 g/mol. The Bertz CT molecular complexity index is 957. The SMILES string of the molecule is CCn1c([C@@H]2CC(=O)N(c3cc(C)ccc3C)C2)nc2ccccc21. The van der Waals surface area contributed by atoms with Crippen molar-refractivity contribution < 1.29 is 4.79 Å². The van der Waals surface area contributed by atoms with Gasteiger partial charge in [-0.25, -0.2) is 4.98 Å². The average molecular weight is 333 g/mol. The summed E-state index contributed by atoms with van der Waals surface area (Å²) >= 11 is 0. The molecule has 1 aromatic heterocycles. The summed E-state index contributed by atoms with van der Waals surface area (Å²) in [6.07, 6.45) is 0.525. The van der Waals surface area contributed by atoms with E-state index in [1.807, 2.05) is 23.1 Å². The molecule has 0 saturated carbocycles. The number of hydrogen-bond acceptors (Lipinski definition) is 2. The van der Waals surface area contributed by atoms with E-state index >= 15 is 0 Å². The van der Waals surface area contributed by atoms with E-state index in [0.717, 1.165) is 34.7 Å². The largest absolute Gasteiger partial charge is 0.328 e. The molecule has 0 unspecified atom stereocenters. The Balaban J connectivity index is 1.72. The zero-order valence-electron chi connectivity index (χ0n) is 15.0. The number of nitrogens with zero attached hydrogens (tertiary/aromatic N) is 3. The summed E-state index contributed by atoms with van der Waals surface area (Å²) in [6.45, 7) is 7.83. The Morgan fingerprint density at radius 2 is 1.96 bits per heavy atom. The maximum Gasteiger partial charge on any atom is 0.227 e. The van der Waals surface area contributed by atoms with E-state index in [9.17, 15) is 4.79 Å². The smallest absolute Gasteiger partial charge is 0.227 e. The van der Waals surface area contributed by atoms with Gasteiger partial charge in [-0.15, -0.1) is 0 Å². The molecule has 1 fully saturated rings. The molecule has 0 bridgehead atoms. The third kappa shape index (κ3) is 2.62. The Morgan fingerprint density at radius 1 is 1.16 bits per heavy atom. The van der Waals surface area contributed by atoms with E-state index in [1.165, 1.54) is 5.56 Å². The van der Waals surface area contributed by atoms with Crippen molar-refractivity contribution in [3.63, 3.8) is 0 Å². The molecule has 1 saturated heterocycles. The highest BCUT2D eigenvalue weighted by Gasteiger charge is 2.35. The molecule has 128 valence electrons. The summed E-state index contributed by atoms with van der Waals surface area (Å²) in [5.41, 5.74) is 5.52. The molecule has 4 rings (SSSR count). The predicted molar refractivity (Wildman–Crippen MR) is 101 cm³/mol. The summed E-state index contributed by atoms with van der Waals surface area (Å²) in [5, 5.41) is 0. The van der Waals surface area contributed by atoms with Crippen LogP contribution in [0.4, 0.5) is 5.69 Å². The van der Waals surface area contributed by atoms with Crippen LogP contribution in [0.1, 0.15) is 36.2 Å². The number of rotatable bonds is 3. The highest BCUT2D eigenvalue weighted by atomic mass is 16.2. The molecule has 3 aromatic rings. The maximum atomic E-state index is 12.7. The van der Waals surface area contributed by atoms with Gasteiger partial charge in [-0.3, -0.25) is 4.79 Å². The fourth-order valence-electron chi connectivity index (χ4n) is 3.86. The number of amides is 1. The van der Waals surface area contributed by atoms with Gasteiger partial charge in [0.1, 0.15) is 5.82 Å². The molecule has 25 heavy (non-hydrogen) atoms. The van der Waals surface area contributed by atoms with Crippen molar-refractivity contribution in [2.45, 2.75) is 39.7 Å². The highest BCUT2D eigenvalue weighted by Crippen LogP contribution is 2.34. The molecule has 1 amide bonds. The first-order valence-electron chi connectivity index (χ1n) is 8.91. The lowest BCUT2D eigenvalue weighted by Crippen LogP contribution is -2.25. The standard InChI is InChI=1S/C21H23N3O/c1-4-23-18-8-6-5-7-17(18)22-21(23)16-12-20(25)24(13-16)19-11-14(2)9-10-15(19)3/h5-11,16H,4,12-13H2,1-3H3/t16-/m1/s1. The summed E-state index contributed by atoms with van der Waals surface area (Å²) in [6, 6.07) is 14.5. The quantitative estimate of drug-likeness (QED) is 0.721. The van der Waals surface area contributed by atoms with E-state index in [2.05, 4.69) is 49.6 Å². The van der Waals surface area contributed by atoms with E-state index in [4.69, 9.17) is 4.98 Å². The normalized spacial score (nSPS) is 17.6. The zero-order valence-corrected chi connectivity index (χ0v) is 15.0. The van der Waals surface area contributed by atoms with Crippen molar-refractivity contribution >= 4 is 22.6 Å². The number of imidazole rings is 1. The molecule has 0 radical (unpaired) electrons. The van der Waals surface area contributed by atoms with Crippen molar-refractivity contribution in [3.05, 3.63) is 59.4 Å². The third-order valence-corrected chi connectivity index (χ3v) is 5.15. The molecule has 0 aliphatic carbocycles. The van der Waals surface area contributed by atoms with Gasteiger partial charge in [0.05, 0.1) is 11.0 Å². The van der Waals surface area contributed by atoms with Gasteiger partial charge in [0.2, 0.25) is 5.91 Å². The Hall–Kier alpha value is -2.62. The van der Waals surface area contributed by atoms with Crippen molar-refractivity contribution in [2.24, 2.45) is 0 Å². The summed E-state index contributed by atoms with van der Waals surface area (Å²) in [5.74, 6) is 1.36. The van der Waals surface area contributed by atoms with Crippen LogP contribution < -0.4 is 4.90 Å². The minimum Gasteiger partial charge on any atom is -0.328 e. The van der Waals surface area contributed by atoms with Crippen LogP contribution >= 0.6 is 0 Å². The van der Waals surface area contributed by atoms with Crippen LogP contribution in [-0.2, 0) is 11.3 Å². The third-order valence-electron chi connectivity index (χ3n) is 5.15. The minimum atomic E-state index is 0.139. The van der Waals surface area contributed by atoms with Crippen LogP contribution in [0.2, 0.25) is 0 Å². The van der Waals surface area contributed by atoms with Crippen molar-refractivity contribution in [1.29, 1.82) is 0 Å². The van der Waals surface area contributed by atoms with Crippen LogP contribution in [0.5, 0.6) is 0 Å². The van der Waals surface area contributed by atoms with E-state index in [-0.39, 0.29) is 11.8 Å². The number of aryl methyl sites for hydroxylation is 3. The first-order valence-corrected chi connectivity index (χ1v) is 8.91. The van der Waals surface area contributed by atoms with Crippen LogP contribution in [0.25, 0.3) is 11.0 Å².